The van der Waals surface area contributed by atoms with Gasteiger partial charge in [-0.1, -0.05) is 31.4 Å². The van der Waals surface area contributed by atoms with Crippen LogP contribution in [0.2, 0.25) is 5.02 Å². The fourth-order valence-electron chi connectivity index (χ4n) is 2.78. The lowest BCUT2D eigenvalue weighted by molar-refractivity contribution is -0.115. The monoisotopic (exact) mass is 294 g/mol. The number of benzene rings is 1. The molecular formula is C16H23ClN2O. The quantitative estimate of drug-likeness (QED) is 0.828. The van der Waals surface area contributed by atoms with E-state index in [1.54, 1.807) is 0 Å². The Bertz CT molecular complexity index is 470. The molecule has 0 bridgehead atoms. The van der Waals surface area contributed by atoms with E-state index in [0.29, 0.717) is 17.5 Å². The van der Waals surface area contributed by atoms with Crippen molar-refractivity contribution in [3.05, 3.63) is 23.2 Å². The summed E-state index contributed by atoms with van der Waals surface area (Å²) in [5, 5.41) is 7.06. The fourth-order valence-corrected chi connectivity index (χ4v) is 2.96. The molecule has 110 valence electrons. The molecule has 1 aromatic rings. The van der Waals surface area contributed by atoms with Crippen molar-refractivity contribution >= 4 is 28.9 Å². The Hall–Kier alpha value is -1.22. The molecule has 1 aromatic carbocycles. The second kappa shape index (κ2) is 6.98. The van der Waals surface area contributed by atoms with Crippen molar-refractivity contribution in [1.82, 2.24) is 0 Å². The summed E-state index contributed by atoms with van der Waals surface area (Å²) in [6.07, 6.45) is 5.72. The lowest BCUT2D eigenvalue weighted by atomic mass is 9.99. The van der Waals surface area contributed by atoms with Gasteiger partial charge < -0.3 is 10.6 Å². The van der Waals surface area contributed by atoms with Gasteiger partial charge in [-0.25, -0.2) is 0 Å². The van der Waals surface area contributed by atoms with Gasteiger partial charge in [-0.2, -0.15) is 0 Å². The van der Waals surface area contributed by atoms with Crippen LogP contribution in [0.25, 0.3) is 0 Å². The Morgan fingerprint density at radius 3 is 2.75 bits per heavy atom. The number of rotatable bonds is 5. The molecule has 2 rings (SSSR count). The van der Waals surface area contributed by atoms with Gasteiger partial charge >= 0.3 is 0 Å². The molecule has 1 atom stereocenters. The molecule has 1 saturated carbocycles. The van der Waals surface area contributed by atoms with Crippen molar-refractivity contribution in [2.45, 2.75) is 52.0 Å². The summed E-state index contributed by atoms with van der Waals surface area (Å²) in [5.74, 6) is 0.738. The molecule has 0 radical (unpaired) electrons. The molecule has 0 aromatic heterocycles. The van der Waals surface area contributed by atoms with E-state index in [0.717, 1.165) is 17.3 Å². The summed E-state index contributed by atoms with van der Waals surface area (Å²) in [6, 6.07) is 5.99. The van der Waals surface area contributed by atoms with Gasteiger partial charge in [0.1, 0.15) is 0 Å². The SMILES string of the molecule is CCC(=O)Nc1ccc(Cl)c(NC(C)C2CCCC2)c1. The van der Waals surface area contributed by atoms with Gasteiger partial charge in [0.15, 0.2) is 0 Å². The molecule has 2 N–H and O–H groups in total. The first-order chi connectivity index (χ1) is 9.60. The highest BCUT2D eigenvalue weighted by Crippen LogP contribution is 2.32. The lowest BCUT2D eigenvalue weighted by Gasteiger charge is -2.22. The number of hydrogen-bond acceptors (Lipinski definition) is 2. The summed E-state index contributed by atoms with van der Waals surface area (Å²) in [4.78, 5) is 11.4. The summed E-state index contributed by atoms with van der Waals surface area (Å²) in [5.41, 5.74) is 1.70. The van der Waals surface area contributed by atoms with Gasteiger partial charge in [0.2, 0.25) is 5.91 Å². The third kappa shape index (κ3) is 3.89. The van der Waals surface area contributed by atoms with Crippen molar-refractivity contribution in [1.29, 1.82) is 0 Å². The first-order valence-electron chi connectivity index (χ1n) is 7.46. The Morgan fingerprint density at radius 1 is 1.40 bits per heavy atom. The Kier molecular flexibility index (Phi) is 5.30. The maximum atomic E-state index is 11.4. The van der Waals surface area contributed by atoms with Crippen molar-refractivity contribution in [2.24, 2.45) is 5.92 Å². The Morgan fingerprint density at radius 2 is 2.10 bits per heavy atom. The van der Waals surface area contributed by atoms with E-state index in [4.69, 9.17) is 11.6 Å². The second-order valence-electron chi connectivity index (χ2n) is 5.57. The largest absolute Gasteiger partial charge is 0.381 e. The minimum Gasteiger partial charge on any atom is -0.381 e. The average Bonchev–Trinajstić information content (AvgIpc) is 2.96. The van der Waals surface area contributed by atoms with Crippen LogP contribution >= 0.6 is 11.6 Å². The number of nitrogens with one attached hydrogen (secondary N) is 2. The van der Waals surface area contributed by atoms with Crippen LogP contribution in [0.1, 0.15) is 46.0 Å². The predicted molar refractivity (Wildman–Crippen MR) is 85.4 cm³/mol. The van der Waals surface area contributed by atoms with E-state index in [1.165, 1.54) is 25.7 Å². The zero-order valence-corrected chi connectivity index (χ0v) is 13.0. The number of halogens is 1. The highest BCUT2D eigenvalue weighted by Gasteiger charge is 2.21. The molecule has 1 aliphatic rings. The number of hydrogen-bond donors (Lipinski definition) is 2. The molecule has 0 heterocycles. The first kappa shape index (κ1) is 15.2. The van der Waals surface area contributed by atoms with Crippen LogP contribution in [-0.4, -0.2) is 11.9 Å². The van der Waals surface area contributed by atoms with Gasteiger partial charge in [-0.15, -0.1) is 0 Å². The van der Waals surface area contributed by atoms with Crippen LogP contribution in [0.4, 0.5) is 11.4 Å². The number of carbonyl (C=O) groups is 1. The third-order valence-corrected chi connectivity index (χ3v) is 4.39. The molecule has 1 unspecified atom stereocenters. The van der Waals surface area contributed by atoms with E-state index >= 15 is 0 Å². The highest BCUT2D eigenvalue weighted by atomic mass is 35.5. The molecular weight excluding hydrogens is 272 g/mol. The van der Waals surface area contributed by atoms with Crippen molar-refractivity contribution in [2.75, 3.05) is 10.6 Å². The lowest BCUT2D eigenvalue weighted by Crippen LogP contribution is -2.24. The molecule has 3 nitrogen and oxygen atoms in total. The smallest absolute Gasteiger partial charge is 0.224 e. The van der Waals surface area contributed by atoms with Crippen molar-refractivity contribution in [3.8, 4) is 0 Å². The molecule has 1 aliphatic carbocycles. The Labute approximate surface area is 126 Å². The van der Waals surface area contributed by atoms with Crippen LogP contribution < -0.4 is 10.6 Å². The van der Waals surface area contributed by atoms with Crippen LogP contribution in [-0.2, 0) is 4.79 Å². The van der Waals surface area contributed by atoms with Crippen LogP contribution in [0.5, 0.6) is 0 Å². The summed E-state index contributed by atoms with van der Waals surface area (Å²) in [7, 11) is 0. The molecule has 0 aliphatic heterocycles. The van der Waals surface area contributed by atoms with E-state index in [9.17, 15) is 4.79 Å². The van der Waals surface area contributed by atoms with E-state index in [-0.39, 0.29) is 5.91 Å². The van der Waals surface area contributed by atoms with Crippen LogP contribution in [0.15, 0.2) is 18.2 Å². The molecule has 20 heavy (non-hydrogen) atoms. The fraction of sp³-hybridized carbons (Fsp3) is 0.562. The third-order valence-electron chi connectivity index (χ3n) is 4.06. The Balaban J connectivity index is 2.05. The normalized spacial score (nSPS) is 16.9. The van der Waals surface area contributed by atoms with Gasteiger partial charge in [0.25, 0.3) is 0 Å². The van der Waals surface area contributed by atoms with Crippen LogP contribution in [0.3, 0.4) is 0 Å². The zero-order chi connectivity index (χ0) is 14.5. The topological polar surface area (TPSA) is 41.1 Å². The average molecular weight is 295 g/mol. The van der Waals surface area contributed by atoms with Gasteiger partial charge in [-0.3, -0.25) is 4.79 Å². The maximum absolute atomic E-state index is 11.4. The van der Waals surface area contributed by atoms with Crippen LogP contribution in [0, 0.1) is 5.92 Å². The highest BCUT2D eigenvalue weighted by molar-refractivity contribution is 6.33. The van der Waals surface area contributed by atoms with Crippen molar-refractivity contribution < 1.29 is 4.79 Å². The number of amides is 1. The van der Waals surface area contributed by atoms with Gasteiger partial charge in [0.05, 0.1) is 10.7 Å². The van der Waals surface area contributed by atoms with E-state index in [1.807, 2.05) is 25.1 Å². The second-order valence-corrected chi connectivity index (χ2v) is 5.98. The predicted octanol–water partition coefficient (Wildman–Crippen LogP) is 4.68. The number of anilines is 2. The molecule has 1 amide bonds. The van der Waals surface area contributed by atoms with Crippen molar-refractivity contribution in [3.63, 3.8) is 0 Å². The van der Waals surface area contributed by atoms with E-state index < -0.39 is 0 Å². The summed E-state index contributed by atoms with van der Waals surface area (Å²) >= 11 is 6.24. The summed E-state index contributed by atoms with van der Waals surface area (Å²) < 4.78 is 0. The molecule has 1 fully saturated rings. The number of carbonyl (C=O) groups excluding carboxylic acids is 1. The molecule has 4 heteroatoms. The maximum Gasteiger partial charge on any atom is 0.224 e. The minimum atomic E-state index is 0.0158. The zero-order valence-electron chi connectivity index (χ0n) is 12.2. The minimum absolute atomic E-state index is 0.0158. The van der Waals surface area contributed by atoms with Gasteiger partial charge in [0, 0.05) is 18.2 Å². The standard InChI is InChI=1S/C16H23ClN2O/c1-3-16(20)19-13-8-9-14(17)15(10-13)18-11(2)12-6-4-5-7-12/h8-12,18H,3-7H2,1-2H3,(H,19,20). The molecule has 0 spiro atoms. The molecule has 0 saturated heterocycles. The van der Waals surface area contributed by atoms with Gasteiger partial charge in [-0.05, 0) is 43.9 Å². The summed E-state index contributed by atoms with van der Waals surface area (Å²) in [6.45, 7) is 4.05. The first-order valence-corrected chi connectivity index (χ1v) is 7.84. The van der Waals surface area contributed by atoms with E-state index in [2.05, 4.69) is 17.6 Å².